The Balaban J connectivity index is 1.72. The Bertz CT molecular complexity index is 1020. The standard InChI is InChI=1S/C21H24F2N2O4S/c1-13-11-25(12-14(2)29-13)30(27,28)18-7-4-16(5-8-18)21(26)24-15(3)19-9-6-17(22)10-20(19)23/h4-10,13-15H,11-12H2,1-3H3,(H,24,26). The summed E-state index contributed by atoms with van der Waals surface area (Å²) in [6, 6.07) is 8.01. The Morgan fingerprint density at radius 2 is 1.70 bits per heavy atom. The summed E-state index contributed by atoms with van der Waals surface area (Å²) in [6.07, 6.45) is -0.413. The second kappa shape index (κ2) is 8.79. The monoisotopic (exact) mass is 438 g/mol. The van der Waals surface area contributed by atoms with Crippen molar-refractivity contribution in [3.63, 3.8) is 0 Å². The molecular weight excluding hydrogens is 414 g/mol. The van der Waals surface area contributed by atoms with Gasteiger partial charge in [0.25, 0.3) is 5.91 Å². The van der Waals surface area contributed by atoms with E-state index >= 15 is 0 Å². The number of sulfonamides is 1. The number of rotatable bonds is 5. The molecule has 0 aliphatic carbocycles. The third kappa shape index (κ3) is 4.85. The van der Waals surface area contributed by atoms with Crippen LogP contribution in [0.4, 0.5) is 8.78 Å². The maximum atomic E-state index is 13.9. The number of ether oxygens (including phenoxy) is 1. The van der Waals surface area contributed by atoms with Crippen LogP contribution >= 0.6 is 0 Å². The van der Waals surface area contributed by atoms with Crippen molar-refractivity contribution in [2.45, 2.75) is 43.9 Å². The van der Waals surface area contributed by atoms with Crippen molar-refractivity contribution in [3.05, 3.63) is 65.2 Å². The van der Waals surface area contributed by atoms with Gasteiger partial charge < -0.3 is 10.1 Å². The minimum absolute atomic E-state index is 0.0815. The highest BCUT2D eigenvalue weighted by Crippen LogP contribution is 2.22. The summed E-state index contributed by atoms with van der Waals surface area (Å²) in [7, 11) is -3.71. The van der Waals surface area contributed by atoms with Crippen molar-refractivity contribution >= 4 is 15.9 Å². The summed E-state index contributed by atoms with van der Waals surface area (Å²) in [5.74, 6) is -1.95. The Labute approximate surface area is 174 Å². The van der Waals surface area contributed by atoms with Crippen LogP contribution in [-0.4, -0.2) is 43.9 Å². The lowest BCUT2D eigenvalue weighted by Gasteiger charge is -2.34. The first kappa shape index (κ1) is 22.3. The summed E-state index contributed by atoms with van der Waals surface area (Å²) in [5.41, 5.74) is 0.381. The number of hydrogen-bond donors (Lipinski definition) is 1. The summed E-state index contributed by atoms with van der Waals surface area (Å²) in [6.45, 7) is 5.73. The van der Waals surface area contributed by atoms with Crippen molar-refractivity contribution < 1.29 is 26.7 Å². The van der Waals surface area contributed by atoms with Crippen LogP contribution in [0.1, 0.15) is 42.7 Å². The lowest BCUT2D eigenvalue weighted by Crippen LogP contribution is -2.48. The molecule has 1 aliphatic heterocycles. The van der Waals surface area contributed by atoms with E-state index in [-0.39, 0.29) is 41.3 Å². The molecule has 2 aromatic carbocycles. The molecule has 1 fully saturated rings. The lowest BCUT2D eigenvalue weighted by atomic mass is 10.1. The van der Waals surface area contributed by atoms with E-state index in [0.717, 1.165) is 12.1 Å². The first-order valence-electron chi connectivity index (χ1n) is 9.59. The molecule has 1 saturated heterocycles. The molecule has 30 heavy (non-hydrogen) atoms. The van der Waals surface area contributed by atoms with Gasteiger partial charge >= 0.3 is 0 Å². The molecule has 1 aliphatic rings. The molecule has 0 aromatic heterocycles. The summed E-state index contributed by atoms with van der Waals surface area (Å²) >= 11 is 0. The van der Waals surface area contributed by atoms with Gasteiger partial charge in [0.05, 0.1) is 23.1 Å². The van der Waals surface area contributed by atoms with Crippen molar-refractivity contribution in [2.75, 3.05) is 13.1 Å². The van der Waals surface area contributed by atoms with Gasteiger partial charge in [-0.1, -0.05) is 6.07 Å². The number of hydrogen-bond acceptors (Lipinski definition) is 4. The predicted molar refractivity (Wildman–Crippen MR) is 107 cm³/mol. The van der Waals surface area contributed by atoms with E-state index in [1.54, 1.807) is 6.92 Å². The maximum absolute atomic E-state index is 13.9. The molecule has 3 atom stereocenters. The van der Waals surface area contributed by atoms with Gasteiger partial charge in [0.2, 0.25) is 10.0 Å². The number of carbonyl (C=O) groups is 1. The van der Waals surface area contributed by atoms with Crippen molar-refractivity contribution in [2.24, 2.45) is 0 Å². The number of amides is 1. The molecular formula is C21H24F2N2O4S. The average Bonchev–Trinajstić information content (AvgIpc) is 2.67. The molecule has 1 amide bonds. The zero-order chi connectivity index (χ0) is 22.1. The lowest BCUT2D eigenvalue weighted by molar-refractivity contribution is -0.0440. The summed E-state index contributed by atoms with van der Waals surface area (Å²) < 4.78 is 59.7. The van der Waals surface area contributed by atoms with Crippen LogP contribution in [0.15, 0.2) is 47.4 Å². The maximum Gasteiger partial charge on any atom is 0.251 e. The fourth-order valence-corrected chi connectivity index (χ4v) is 5.06. The van der Waals surface area contributed by atoms with Gasteiger partial charge in [-0.05, 0) is 51.1 Å². The van der Waals surface area contributed by atoms with Crippen molar-refractivity contribution in [3.8, 4) is 0 Å². The zero-order valence-corrected chi connectivity index (χ0v) is 17.7. The highest BCUT2D eigenvalue weighted by atomic mass is 32.2. The van der Waals surface area contributed by atoms with E-state index in [4.69, 9.17) is 4.74 Å². The Morgan fingerprint density at radius 1 is 1.10 bits per heavy atom. The Morgan fingerprint density at radius 3 is 2.27 bits per heavy atom. The van der Waals surface area contributed by atoms with Crippen LogP contribution in [0.2, 0.25) is 0 Å². The van der Waals surface area contributed by atoms with E-state index < -0.39 is 33.6 Å². The average molecular weight is 438 g/mol. The fraction of sp³-hybridized carbons (Fsp3) is 0.381. The number of nitrogens with zero attached hydrogens (tertiary/aromatic N) is 1. The zero-order valence-electron chi connectivity index (χ0n) is 16.9. The van der Waals surface area contributed by atoms with Gasteiger partial charge in [0.1, 0.15) is 11.6 Å². The Kier molecular flexibility index (Phi) is 6.54. The third-order valence-electron chi connectivity index (χ3n) is 4.92. The number of nitrogens with one attached hydrogen (secondary N) is 1. The SMILES string of the molecule is CC1CN(S(=O)(=O)c2ccc(C(=O)NC(C)c3ccc(F)cc3F)cc2)CC(C)O1. The quantitative estimate of drug-likeness (QED) is 0.778. The van der Waals surface area contributed by atoms with Crippen LogP contribution in [0, 0.1) is 11.6 Å². The van der Waals surface area contributed by atoms with E-state index in [9.17, 15) is 22.0 Å². The van der Waals surface area contributed by atoms with Crippen molar-refractivity contribution in [1.82, 2.24) is 9.62 Å². The highest BCUT2D eigenvalue weighted by molar-refractivity contribution is 7.89. The van der Waals surface area contributed by atoms with Crippen molar-refractivity contribution in [1.29, 1.82) is 0 Å². The fourth-order valence-electron chi connectivity index (χ4n) is 3.46. The molecule has 0 radical (unpaired) electrons. The highest BCUT2D eigenvalue weighted by Gasteiger charge is 2.32. The first-order chi connectivity index (χ1) is 14.1. The molecule has 9 heteroatoms. The summed E-state index contributed by atoms with van der Waals surface area (Å²) in [4.78, 5) is 12.6. The molecule has 6 nitrogen and oxygen atoms in total. The number of morpholine rings is 1. The van der Waals surface area contributed by atoms with Gasteiger partial charge in [-0.25, -0.2) is 17.2 Å². The van der Waals surface area contributed by atoms with Crippen LogP contribution in [0.5, 0.6) is 0 Å². The topological polar surface area (TPSA) is 75.7 Å². The molecule has 3 rings (SSSR count). The third-order valence-corrected chi connectivity index (χ3v) is 6.76. The van der Waals surface area contributed by atoms with Crippen LogP contribution in [-0.2, 0) is 14.8 Å². The van der Waals surface area contributed by atoms with Crippen LogP contribution in [0.25, 0.3) is 0 Å². The molecule has 162 valence electrons. The minimum atomic E-state index is -3.71. The van der Waals surface area contributed by atoms with Gasteiger partial charge in [0, 0.05) is 30.3 Å². The van der Waals surface area contributed by atoms with Gasteiger partial charge in [0.15, 0.2) is 0 Å². The van der Waals surface area contributed by atoms with E-state index in [1.165, 1.54) is 34.6 Å². The Hall–Kier alpha value is -2.36. The number of halogens is 2. The second-order valence-corrected chi connectivity index (χ2v) is 9.40. The van der Waals surface area contributed by atoms with E-state index in [2.05, 4.69) is 5.32 Å². The number of benzene rings is 2. The molecule has 0 saturated carbocycles. The molecule has 3 unspecified atom stereocenters. The summed E-state index contributed by atoms with van der Waals surface area (Å²) in [5, 5.41) is 2.63. The van der Waals surface area contributed by atoms with Crippen LogP contribution in [0.3, 0.4) is 0 Å². The molecule has 2 aromatic rings. The van der Waals surface area contributed by atoms with Gasteiger partial charge in [-0.2, -0.15) is 4.31 Å². The first-order valence-corrected chi connectivity index (χ1v) is 11.0. The predicted octanol–water partition coefficient (Wildman–Crippen LogP) is 3.25. The second-order valence-electron chi connectivity index (χ2n) is 7.46. The van der Waals surface area contributed by atoms with Crippen LogP contribution < -0.4 is 5.32 Å². The normalized spacial score (nSPS) is 21.2. The van der Waals surface area contributed by atoms with E-state index in [1.807, 2.05) is 13.8 Å². The van der Waals surface area contributed by atoms with E-state index in [0.29, 0.717) is 0 Å². The molecule has 1 N–H and O–H groups in total. The minimum Gasteiger partial charge on any atom is -0.373 e. The van der Waals surface area contributed by atoms with Gasteiger partial charge in [-0.3, -0.25) is 4.79 Å². The number of carbonyl (C=O) groups excluding carboxylic acids is 1. The smallest absolute Gasteiger partial charge is 0.251 e. The molecule has 1 heterocycles. The largest absolute Gasteiger partial charge is 0.373 e. The molecule has 0 spiro atoms. The van der Waals surface area contributed by atoms with Gasteiger partial charge in [-0.15, -0.1) is 0 Å². The molecule has 0 bridgehead atoms.